The van der Waals surface area contributed by atoms with Crippen molar-refractivity contribution in [1.29, 1.82) is 0 Å². The van der Waals surface area contributed by atoms with Crippen molar-refractivity contribution in [3.8, 4) is 0 Å². The third-order valence-corrected chi connectivity index (χ3v) is 3.40. The molecule has 0 aromatic rings. The lowest BCUT2D eigenvalue weighted by molar-refractivity contribution is -0.122. The largest absolute Gasteiger partial charge is 0.381 e. The molecule has 0 saturated carbocycles. The van der Waals surface area contributed by atoms with Gasteiger partial charge in [0.2, 0.25) is 5.91 Å². The van der Waals surface area contributed by atoms with Crippen LogP contribution < -0.4 is 11.1 Å². The zero-order valence-corrected chi connectivity index (χ0v) is 13.3. The second-order valence-corrected chi connectivity index (χ2v) is 5.17. The van der Waals surface area contributed by atoms with Gasteiger partial charge in [0.25, 0.3) is 0 Å². The van der Waals surface area contributed by atoms with E-state index < -0.39 is 0 Å². The molecule has 1 aliphatic heterocycles. The molecule has 1 unspecified atom stereocenters. The fourth-order valence-corrected chi connectivity index (χ4v) is 2.12. The molecular formula is C14H29ClN2O3. The number of carbonyl (C=O) groups excluding carboxylic acids is 1. The van der Waals surface area contributed by atoms with Crippen LogP contribution in [0.25, 0.3) is 0 Å². The van der Waals surface area contributed by atoms with Crippen molar-refractivity contribution in [3.63, 3.8) is 0 Å². The minimum Gasteiger partial charge on any atom is -0.381 e. The van der Waals surface area contributed by atoms with Gasteiger partial charge in [0.05, 0.1) is 6.04 Å². The average Bonchev–Trinajstić information content (AvgIpc) is 2.43. The van der Waals surface area contributed by atoms with Crippen LogP contribution in [0.1, 0.15) is 39.0 Å². The normalized spacial score (nSPS) is 17.3. The lowest BCUT2D eigenvalue weighted by Crippen LogP contribution is -2.41. The summed E-state index contributed by atoms with van der Waals surface area (Å²) in [5, 5.41) is 2.84. The summed E-state index contributed by atoms with van der Waals surface area (Å²) >= 11 is 0. The Morgan fingerprint density at radius 2 is 2.15 bits per heavy atom. The van der Waals surface area contributed by atoms with Crippen LogP contribution >= 0.6 is 12.4 Å². The minimum absolute atomic E-state index is 0. The van der Waals surface area contributed by atoms with E-state index in [0.29, 0.717) is 19.1 Å². The summed E-state index contributed by atoms with van der Waals surface area (Å²) in [6.07, 6.45) is 4.72. The van der Waals surface area contributed by atoms with Crippen LogP contribution in [0, 0.1) is 5.92 Å². The summed E-state index contributed by atoms with van der Waals surface area (Å²) in [5.41, 5.74) is 5.71. The molecule has 6 heteroatoms. The monoisotopic (exact) mass is 308 g/mol. The Morgan fingerprint density at radius 3 is 2.80 bits per heavy atom. The molecule has 1 fully saturated rings. The Kier molecular flexibility index (Phi) is 12.2. The summed E-state index contributed by atoms with van der Waals surface area (Å²) in [4.78, 5) is 11.5. The van der Waals surface area contributed by atoms with E-state index in [2.05, 4.69) is 5.32 Å². The fourth-order valence-electron chi connectivity index (χ4n) is 2.12. The van der Waals surface area contributed by atoms with Gasteiger partial charge in [-0.05, 0) is 31.6 Å². The van der Waals surface area contributed by atoms with Crippen LogP contribution in [0.4, 0.5) is 0 Å². The molecule has 1 atom stereocenters. The second kappa shape index (κ2) is 12.4. The first-order valence-electron chi connectivity index (χ1n) is 7.42. The highest BCUT2D eigenvalue weighted by molar-refractivity contribution is 5.85. The SMILES string of the molecule is CCCC(N)C(=O)NCCCOCC1CCOCC1.Cl. The molecule has 0 aliphatic carbocycles. The van der Waals surface area contributed by atoms with Crippen molar-refractivity contribution < 1.29 is 14.3 Å². The molecule has 0 aromatic heterocycles. The second-order valence-electron chi connectivity index (χ2n) is 5.17. The Morgan fingerprint density at radius 1 is 1.45 bits per heavy atom. The van der Waals surface area contributed by atoms with Crippen LogP contribution in [0.5, 0.6) is 0 Å². The van der Waals surface area contributed by atoms with Crippen LogP contribution in [-0.4, -0.2) is 44.9 Å². The van der Waals surface area contributed by atoms with Crippen LogP contribution in [0.2, 0.25) is 0 Å². The van der Waals surface area contributed by atoms with Crippen LogP contribution in [-0.2, 0) is 14.3 Å². The predicted octanol–water partition coefficient (Wildman–Crippen LogP) is 1.49. The Hall–Kier alpha value is -0.360. The summed E-state index contributed by atoms with van der Waals surface area (Å²) in [6.45, 7) is 5.90. The number of amides is 1. The summed E-state index contributed by atoms with van der Waals surface area (Å²) < 4.78 is 10.9. The molecule has 1 amide bonds. The van der Waals surface area contributed by atoms with Crippen LogP contribution in [0.3, 0.4) is 0 Å². The van der Waals surface area contributed by atoms with E-state index >= 15 is 0 Å². The van der Waals surface area contributed by atoms with Gasteiger partial charge in [-0.1, -0.05) is 13.3 Å². The van der Waals surface area contributed by atoms with Crippen LogP contribution in [0.15, 0.2) is 0 Å². The molecule has 0 spiro atoms. The van der Waals surface area contributed by atoms with Gasteiger partial charge < -0.3 is 20.5 Å². The average molecular weight is 309 g/mol. The zero-order valence-electron chi connectivity index (χ0n) is 12.4. The molecule has 0 aromatic carbocycles. The van der Waals surface area contributed by atoms with Crippen molar-refractivity contribution in [3.05, 3.63) is 0 Å². The maximum absolute atomic E-state index is 11.5. The van der Waals surface area contributed by atoms with Crippen molar-refractivity contribution in [2.75, 3.05) is 33.0 Å². The van der Waals surface area contributed by atoms with Gasteiger partial charge in [0.1, 0.15) is 0 Å². The van der Waals surface area contributed by atoms with Crippen molar-refractivity contribution in [1.82, 2.24) is 5.32 Å². The van der Waals surface area contributed by atoms with E-state index in [0.717, 1.165) is 51.9 Å². The van der Waals surface area contributed by atoms with Crippen molar-refractivity contribution >= 4 is 18.3 Å². The summed E-state index contributed by atoms with van der Waals surface area (Å²) in [5.74, 6) is 0.590. The Labute approximate surface area is 128 Å². The van der Waals surface area contributed by atoms with Gasteiger partial charge in [-0.2, -0.15) is 0 Å². The predicted molar refractivity (Wildman–Crippen MR) is 82.1 cm³/mol. The Bertz CT molecular complexity index is 249. The molecule has 0 bridgehead atoms. The minimum atomic E-state index is -0.367. The smallest absolute Gasteiger partial charge is 0.236 e. The molecule has 20 heavy (non-hydrogen) atoms. The number of hydrogen-bond acceptors (Lipinski definition) is 4. The number of rotatable bonds is 9. The van der Waals surface area contributed by atoms with Crippen molar-refractivity contribution in [2.24, 2.45) is 11.7 Å². The molecule has 1 aliphatic rings. The fraction of sp³-hybridized carbons (Fsp3) is 0.929. The summed E-state index contributed by atoms with van der Waals surface area (Å²) in [7, 11) is 0. The molecule has 0 radical (unpaired) electrons. The van der Waals surface area contributed by atoms with Gasteiger partial charge in [-0.25, -0.2) is 0 Å². The third-order valence-electron chi connectivity index (χ3n) is 3.40. The molecular weight excluding hydrogens is 280 g/mol. The van der Waals surface area contributed by atoms with Crippen molar-refractivity contribution in [2.45, 2.75) is 45.1 Å². The molecule has 1 saturated heterocycles. The van der Waals surface area contributed by atoms with E-state index in [-0.39, 0.29) is 24.4 Å². The first kappa shape index (κ1) is 19.6. The third kappa shape index (κ3) is 8.74. The number of ether oxygens (including phenoxy) is 2. The standard InChI is InChI=1S/C14H28N2O3.ClH/c1-2-4-13(15)14(17)16-7-3-8-19-11-12-5-9-18-10-6-12;/h12-13H,2-11,15H2,1H3,(H,16,17);1H. The maximum Gasteiger partial charge on any atom is 0.236 e. The molecule has 5 nitrogen and oxygen atoms in total. The quantitative estimate of drug-likeness (QED) is 0.633. The van der Waals surface area contributed by atoms with E-state index in [9.17, 15) is 4.79 Å². The highest BCUT2D eigenvalue weighted by atomic mass is 35.5. The molecule has 120 valence electrons. The lowest BCUT2D eigenvalue weighted by atomic mass is 10.0. The highest BCUT2D eigenvalue weighted by Gasteiger charge is 2.13. The molecule has 1 heterocycles. The number of hydrogen-bond donors (Lipinski definition) is 2. The van der Waals surface area contributed by atoms with Gasteiger partial charge in [0.15, 0.2) is 0 Å². The topological polar surface area (TPSA) is 73.6 Å². The van der Waals surface area contributed by atoms with Gasteiger partial charge >= 0.3 is 0 Å². The van der Waals surface area contributed by atoms with E-state index in [1.165, 1.54) is 0 Å². The molecule has 1 rings (SSSR count). The number of nitrogens with one attached hydrogen (secondary N) is 1. The number of halogens is 1. The first-order chi connectivity index (χ1) is 9.24. The van der Waals surface area contributed by atoms with Gasteiger partial charge in [-0.3, -0.25) is 4.79 Å². The summed E-state index contributed by atoms with van der Waals surface area (Å²) in [6, 6.07) is -0.367. The van der Waals surface area contributed by atoms with E-state index in [1.54, 1.807) is 0 Å². The lowest BCUT2D eigenvalue weighted by Gasteiger charge is -2.21. The van der Waals surface area contributed by atoms with E-state index in [1.807, 2.05) is 6.92 Å². The molecule has 3 N–H and O–H groups in total. The first-order valence-corrected chi connectivity index (χ1v) is 7.42. The number of carbonyl (C=O) groups is 1. The zero-order chi connectivity index (χ0) is 13.9. The Balaban J connectivity index is 0.00000361. The van der Waals surface area contributed by atoms with Gasteiger partial charge in [-0.15, -0.1) is 12.4 Å². The van der Waals surface area contributed by atoms with Gasteiger partial charge in [0, 0.05) is 33.0 Å². The number of nitrogens with two attached hydrogens (primary N) is 1. The van der Waals surface area contributed by atoms with E-state index in [4.69, 9.17) is 15.2 Å². The maximum atomic E-state index is 11.5. The highest BCUT2D eigenvalue weighted by Crippen LogP contribution is 2.14.